The molecule has 0 spiro atoms. The predicted octanol–water partition coefficient (Wildman–Crippen LogP) is 3.33. The second-order valence-electron chi connectivity index (χ2n) is 4.71. The number of nitrogens with one attached hydrogen (secondary N) is 1. The van der Waals surface area contributed by atoms with Crippen LogP contribution in [0.3, 0.4) is 0 Å². The number of aryl methyl sites for hydroxylation is 2. The largest absolute Gasteiger partial charge is 0.425 e. The Bertz CT molecular complexity index is 817. The summed E-state index contributed by atoms with van der Waals surface area (Å²) in [7, 11) is 0. The Kier molecular flexibility index (Phi) is 2.99. The van der Waals surface area contributed by atoms with Crippen LogP contribution in [-0.4, -0.2) is 9.97 Å². The van der Waals surface area contributed by atoms with E-state index in [1.807, 2.05) is 44.2 Å². The first-order chi connectivity index (χ1) is 9.65. The first-order valence-electron chi connectivity index (χ1n) is 6.38. The van der Waals surface area contributed by atoms with Crippen LogP contribution < -0.4 is 10.3 Å². The highest BCUT2D eigenvalue weighted by Gasteiger charge is 2.08. The van der Waals surface area contributed by atoms with Crippen LogP contribution in [0.5, 0.6) is 11.8 Å². The van der Waals surface area contributed by atoms with Gasteiger partial charge >= 0.3 is 6.01 Å². The zero-order chi connectivity index (χ0) is 14.1. The average molecular weight is 266 g/mol. The molecule has 2 aromatic carbocycles. The van der Waals surface area contributed by atoms with Crippen LogP contribution in [0.15, 0.2) is 47.3 Å². The maximum atomic E-state index is 12.0. The molecule has 0 aliphatic rings. The van der Waals surface area contributed by atoms with Crippen molar-refractivity contribution in [3.05, 3.63) is 63.9 Å². The molecule has 0 saturated carbocycles. The molecule has 0 amide bonds. The van der Waals surface area contributed by atoms with Crippen LogP contribution in [0, 0.1) is 13.8 Å². The first kappa shape index (κ1) is 12.4. The monoisotopic (exact) mass is 266 g/mol. The molecule has 4 nitrogen and oxygen atoms in total. The second kappa shape index (κ2) is 4.81. The van der Waals surface area contributed by atoms with E-state index in [9.17, 15) is 4.79 Å². The van der Waals surface area contributed by atoms with Crippen LogP contribution in [0.1, 0.15) is 11.1 Å². The molecule has 0 radical (unpaired) electrons. The molecule has 0 aliphatic heterocycles. The molecule has 0 saturated heterocycles. The molecule has 3 aromatic rings. The van der Waals surface area contributed by atoms with Crippen LogP contribution in [0.4, 0.5) is 0 Å². The summed E-state index contributed by atoms with van der Waals surface area (Å²) in [6, 6.07) is 13.3. The number of rotatable bonds is 2. The number of H-pyrrole nitrogens is 1. The van der Waals surface area contributed by atoms with Crippen molar-refractivity contribution in [1.29, 1.82) is 0 Å². The lowest BCUT2D eigenvalue weighted by molar-refractivity contribution is 0.436. The summed E-state index contributed by atoms with van der Waals surface area (Å²) in [6.07, 6.45) is 0. The second-order valence-corrected chi connectivity index (χ2v) is 4.71. The van der Waals surface area contributed by atoms with Crippen LogP contribution >= 0.6 is 0 Å². The van der Waals surface area contributed by atoms with Crippen molar-refractivity contribution >= 4 is 10.9 Å². The number of nitrogens with zero attached hydrogens (tertiary/aromatic N) is 1. The third-order valence-corrected chi connectivity index (χ3v) is 3.20. The van der Waals surface area contributed by atoms with Gasteiger partial charge in [0.2, 0.25) is 0 Å². The third-order valence-electron chi connectivity index (χ3n) is 3.20. The van der Waals surface area contributed by atoms with E-state index in [-0.39, 0.29) is 11.6 Å². The normalized spacial score (nSPS) is 10.7. The summed E-state index contributed by atoms with van der Waals surface area (Å²) in [5.41, 5.74) is 2.43. The molecule has 0 bridgehead atoms. The molecule has 0 aliphatic carbocycles. The van der Waals surface area contributed by atoms with Gasteiger partial charge in [-0.25, -0.2) is 0 Å². The van der Waals surface area contributed by atoms with Crippen molar-refractivity contribution in [2.75, 3.05) is 0 Å². The zero-order valence-corrected chi connectivity index (χ0v) is 11.3. The minimum atomic E-state index is -0.197. The Balaban J connectivity index is 2.10. The highest BCUT2D eigenvalue weighted by molar-refractivity contribution is 5.77. The highest BCUT2D eigenvalue weighted by atomic mass is 16.5. The Morgan fingerprint density at radius 1 is 1.00 bits per heavy atom. The minimum Gasteiger partial charge on any atom is -0.425 e. The Morgan fingerprint density at radius 2 is 1.70 bits per heavy atom. The molecule has 20 heavy (non-hydrogen) atoms. The molecule has 1 N–H and O–H groups in total. The summed E-state index contributed by atoms with van der Waals surface area (Å²) in [5, 5.41) is 0.557. The summed E-state index contributed by atoms with van der Waals surface area (Å²) < 4.78 is 5.76. The Morgan fingerprint density at radius 3 is 2.45 bits per heavy atom. The fourth-order valence-electron chi connectivity index (χ4n) is 2.17. The topological polar surface area (TPSA) is 55.0 Å². The van der Waals surface area contributed by atoms with E-state index in [1.54, 1.807) is 12.1 Å². The number of aromatic nitrogens is 2. The summed E-state index contributed by atoms with van der Waals surface area (Å²) in [5.74, 6) is 0.728. The molecule has 3 rings (SSSR count). The molecule has 1 aromatic heterocycles. The van der Waals surface area contributed by atoms with E-state index >= 15 is 0 Å². The first-order valence-corrected chi connectivity index (χ1v) is 6.38. The smallest absolute Gasteiger partial charge is 0.302 e. The van der Waals surface area contributed by atoms with Crippen molar-refractivity contribution in [2.24, 2.45) is 0 Å². The van der Waals surface area contributed by atoms with Gasteiger partial charge < -0.3 is 4.74 Å². The van der Waals surface area contributed by atoms with Crippen molar-refractivity contribution in [2.45, 2.75) is 13.8 Å². The minimum absolute atomic E-state index is 0.197. The molecule has 0 atom stereocenters. The summed E-state index contributed by atoms with van der Waals surface area (Å²) in [4.78, 5) is 19.0. The van der Waals surface area contributed by atoms with Gasteiger partial charge in [0.05, 0.1) is 10.9 Å². The number of ether oxygens (including phenoxy) is 1. The lowest BCUT2D eigenvalue weighted by atomic mass is 10.1. The van der Waals surface area contributed by atoms with E-state index < -0.39 is 0 Å². The number of benzene rings is 2. The fourth-order valence-corrected chi connectivity index (χ4v) is 2.17. The fraction of sp³-hybridized carbons (Fsp3) is 0.125. The van der Waals surface area contributed by atoms with Crippen molar-refractivity contribution in [1.82, 2.24) is 9.97 Å². The molecular formula is C16H14N2O2. The molecular weight excluding hydrogens is 252 g/mol. The predicted molar refractivity (Wildman–Crippen MR) is 78.4 cm³/mol. The van der Waals surface area contributed by atoms with Crippen molar-refractivity contribution < 1.29 is 4.74 Å². The van der Waals surface area contributed by atoms with Crippen LogP contribution in [-0.2, 0) is 0 Å². The highest BCUT2D eigenvalue weighted by Crippen LogP contribution is 2.26. The van der Waals surface area contributed by atoms with Gasteiger partial charge in [-0.2, -0.15) is 4.98 Å². The number of hydrogen-bond donors (Lipinski definition) is 1. The lowest BCUT2D eigenvalue weighted by Crippen LogP contribution is -2.09. The van der Waals surface area contributed by atoms with E-state index in [0.717, 1.165) is 16.9 Å². The van der Waals surface area contributed by atoms with Crippen LogP contribution in [0.2, 0.25) is 0 Å². The lowest BCUT2D eigenvalue weighted by Gasteiger charge is -2.10. The van der Waals surface area contributed by atoms with Crippen molar-refractivity contribution in [3.63, 3.8) is 0 Å². The van der Waals surface area contributed by atoms with E-state index in [0.29, 0.717) is 10.9 Å². The van der Waals surface area contributed by atoms with Gasteiger partial charge in [-0.05, 0) is 37.1 Å². The maximum absolute atomic E-state index is 12.0. The number of hydrogen-bond acceptors (Lipinski definition) is 3. The zero-order valence-electron chi connectivity index (χ0n) is 11.3. The van der Waals surface area contributed by atoms with Crippen LogP contribution in [0.25, 0.3) is 10.9 Å². The summed E-state index contributed by atoms with van der Waals surface area (Å²) in [6.45, 7) is 3.92. The Hall–Kier alpha value is -2.62. The van der Waals surface area contributed by atoms with Gasteiger partial charge in [-0.1, -0.05) is 30.3 Å². The molecule has 0 unspecified atom stereocenters. The van der Waals surface area contributed by atoms with Crippen molar-refractivity contribution in [3.8, 4) is 11.8 Å². The average Bonchev–Trinajstić information content (AvgIpc) is 2.43. The Labute approximate surface area is 116 Å². The molecule has 1 heterocycles. The molecule has 100 valence electrons. The third kappa shape index (κ3) is 2.16. The number of para-hydroxylation sites is 2. The van der Waals surface area contributed by atoms with Gasteiger partial charge in [0.15, 0.2) is 0 Å². The van der Waals surface area contributed by atoms with E-state index in [2.05, 4.69) is 9.97 Å². The van der Waals surface area contributed by atoms with Gasteiger partial charge in [-0.3, -0.25) is 9.78 Å². The number of fused-ring (bicyclic) bond motifs is 1. The molecule has 4 heteroatoms. The standard InChI is InChI=1S/C16H14N2O2/c1-10-6-5-7-11(2)14(10)20-16-17-13-9-4-3-8-12(13)15(19)18-16/h3-9H,1-2H3,(H,17,18,19). The van der Waals surface area contributed by atoms with E-state index in [1.165, 1.54) is 0 Å². The van der Waals surface area contributed by atoms with Gasteiger partial charge in [0, 0.05) is 0 Å². The van der Waals surface area contributed by atoms with Gasteiger partial charge in [-0.15, -0.1) is 0 Å². The number of aromatic amines is 1. The molecule has 0 fully saturated rings. The van der Waals surface area contributed by atoms with Gasteiger partial charge in [0.25, 0.3) is 5.56 Å². The quantitative estimate of drug-likeness (QED) is 0.774. The summed E-state index contributed by atoms with van der Waals surface area (Å²) >= 11 is 0. The SMILES string of the molecule is Cc1cccc(C)c1Oc1nc2ccccc2c(=O)[nH]1. The maximum Gasteiger partial charge on any atom is 0.302 e. The van der Waals surface area contributed by atoms with Gasteiger partial charge in [0.1, 0.15) is 5.75 Å². The van der Waals surface area contributed by atoms with E-state index in [4.69, 9.17) is 4.74 Å².